The van der Waals surface area contributed by atoms with Gasteiger partial charge in [0.05, 0.1) is 33.0 Å². The number of likely N-dealkylation sites (tertiary alicyclic amines) is 3. The molecule has 78 heavy (non-hydrogen) atoms. The van der Waals surface area contributed by atoms with Crippen LogP contribution in [0.5, 0.6) is 34.5 Å². The summed E-state index contributed by atoms with van der Waals surface area (Å²) in [4.78, 5) is 45.8. The second-order valence-electron chi connectivity index (χ2n) is 27.2. The number of aliphatic hydroxyl groups is 3. The summed E-state index contributed by atoms with van der Waals surface area (Å²) in [6.45, 7) is 5.86. The summed E-state index contributed by atoms with van der Waals surface area (Å²) in [5.74, 6) is 4.12. The zero-order valence-corrected chi connectivity index (χ0v) is 44.7. The number of carbonyl (C=O) groups is 3. The van der Waals surface area contributed by atoms with Crippen molar-refractivity contribution in [1.29, 1.82) is 0 Å². The Bertz CT molecular complexity index is 2780. The molecule has 3 aromatic rings. The molecule has 414 valence electrons. The van der Waals surface area contributed by atoms with E-state index in [2.05, 4.69) is 14.7 Å². The summed E-state index contributed by atoms with van der Waals surface area (Å²) in [6, 6.07) is 11.1. The number of benzene rings is 3. The molecule has 3 spiro atoms. The van der Waals surface area contributed by atoms with Crippen LogP contribution >= 0.6 is 0 Å². The molecule has 0 radical (unpaired) electrons. The van der Waals surface area contributed by atoms with Crippen LogP contribution in [0.2, 0.25) is 0 Å². The lowest BCUT2D eigenvalue weighted by molar-refractivity contribution is -0.190. The third kappa shape index (κ3) is 6.04. The molecule has 3 saturated heterocycles. The lowest BCUT2D eigenvalue weighted by Crippen LogP contribution is -2.76. The van der Waals surface area contributed by atoms with Crippen LogP contribution in [0.1, 0.15) is 149 Å². The zero-order chi connectivity index (χ0) is 53.0. The fourth-order valence-electron chi connectivity index (χ4n) is 19.9. The van der Waals surface area contributed by atoms with Gasteiger partial charge < -0.3 is 44.8 Å². The fraction of sp³-hybridized carbons (Fsp3) is 0.667. The van der Waals surface area contributed by atoms with Crippen molar-refractivity contribution in [3.8, 4) is 34.5 Å². The normalized spacial score (nSPS) is 40.7. The minimum atomic E-state index is -0.945. The molecule has 12 atom stereocenters. The van der Waals surface area contributed by atoms with Gasteiger partial charge in [0.25, 0.3) is 0 Å². The topological polar surface area (TPSA) is 210 Å². The molecule has 3 aromatic carbocycles. The number of piperidine rings is 3. The van der Waals surface area contributed by atoms with Crippen molar-refractivity contribution < 1.29 is 59.2 Å². The summed E-state index contributed by atoms with van der Waals surface area (Å²) in [6.07, 6.45) is 17.0. The van der Waals surface area contributed by atoms with Crippen molar-refractivity contribution in [2.45, 2.75) is 204 Å². The molecular weight excluding hydrogens is 991 g/mol. The Balaban J connectivity index is 0.0000000978. The van der Waals surface area contributed by atoms with Crippen LogP contribution in [0.3, 0.4) is 0 Å². The van der Waals surface area contributed by atoms with Gasteiger partial charge in [-0.3, -0.25) is 29.1 Å². The predicted molar refractivity (Wildman–Crippen MR) is 283 cm³/mol. The van der Waals surface area contributed by atoms with Crippen LogP contribution in [-0.4, -0.2) is 155 Å². The van der Waals surface area contributed by atoms with Gasteiger partial charge in [0.1, 0.15) is 0 Å². The van der Waals surface area contributed by atoms with E-state index >= 15 is 0 Å². The number of Topliss-reactive ketones (excluding diaryl/α,β-unsaturated/α-hetero) is 3. The lowest BCUT2D eigenvalue weighted by Gasteiger charge is -2.63. The summed E-state index contributed by atoms with van der Waals surface area (Å²) < 4.78 is 18.2. The minimum absolute atomic E-state index is 0.0408. The molecule has 9 aliphatic carbocycles. The number of aromatic hydroxyl groups is 3. The SMILES string of the molecule is O=C1CC[C@@]2(O)C3Cc4ccc(O)c5c4C2(CCN3CC2CCC2)[C@H]1O5.O=C1CC[C@@]2(O)C3Cc4ccc(O)c5c4C2(CCN3CC2CCC2)[C@H]1O5.O=C1CC[C@@]2(O)C3Cc4ccc(O)c5c4C2(CCN3CC2CCC2)[C@H]1O5. The van der Waals surface area contributed by atoms with Gasteiger partial charge in [0.15, 0.2) is 70.2 Å². The number of ketones is 3. The highest BCUT2D eigenvalue weighted by atomic mass is 16.5. The van der Waals surface area contributed by atoms with Crippen LogP contribution in [0, 0.1) is 17.8 Å². The van der Waals surface area contributed by atoms with Gasteiger partial charge in [-0.05, 0) is 169 Å². The summed E-state index contributed by atoms with van der Waals surface area (Å²) >= 11 is 0. The standard InChI is InChI=1S/3C21H25NO4/c3*23-14-5-4-13-10-16-21(25)7-6-15(24)19-20(21,17(13)18(14)26-19)8-9-22(16)11-12-2-1-3-12/h3*4-5,12,16,19,23,25H,1-3,6-11H2/t3*16?,19-,20?,21+/m000/s1. The van der Waals surface area contributed by atoms with E-state index in [0.29, 0.717) is 55.8 Å². The summed E-state index contributed by atoms with van der Waals surface area (Å²) in [7, 11) is 0. The van der Waals surface area contributed by atoms with Crippen molar-refractivity contribution in [1.82, 2.24) is 14.7 Å². The van der Waals surface area contributed by atoms with Gasteiger partial charge in [-0.2, -0.15) is 0 Å². The summed E-state index contributed by atoms with van der Waals surface area (Å²) in [5.41, 5.74) is 1.35. The maximum atomic E-state index is 12.8. The van der Waals surface area contributed by atoms with E-state index in [1.807, 2.05) is 18.2 Å². The second-order valence-corrected chi connectivity index (χ2v) is 27.2. The highest BCUT2D eigenvalue weighted by molar-refractivity contribution is 5.92. The molecule has 6 unspecified atom stereocenters. The van der Waals surface area contributed by atoms with Gasteiger partial charge in [0.2, 0.25) is 0 Å². The van der Waals surface area contributed by atoms with Crippen LogP contribution in [-0.2, 0) is 49.9 Å². The Kier molecular flexibility index (Phi) is 10.5. The summed E-state index contributed by atoms with van der Waals surface area (Å²) in [5, 5.41) is 67.2. The highest BCUT2D eigenvalue weighted by Crippen LogP contribution is 2.68. The van der Waals surface area contributed by atoms with Crippen molar-refractivity contribution in [3.63, 3.8) is 0 Å². The van der Waals surface area contributed by atoms with E-state index in [9.17, 15) is 45.0 Å². The number of phenolic OH excluding ortho intramolecular Hbond substituents is 3. The fourth-order valence-corrected chi connectivity index (χ4v) is 19.9. The Morgan fingerprint density at radius 3 is 0.962 bits per heavy atom. The van der Waals surface area contributed by atoms with Crippen LogP contribution in [0.25, 0.3) is 0 Å². The molecular formula is C63H75N3O12. The van der Waals surface area contributed by atoms with E-state index in [1.54, 1.807) is 18.2 Å². The first kappa shape index (κ1) is 49.1. The molecule has 15 nitrogen and oxygen atoms in total. The Labute approximate surface area is 455 Å². The first-order chi connectivity index (χ1) is 37.6. The van der Waals surface area contributed by atoms with Crippen LogP contribution in [0.4, 0.5) is 0 Å². The van der Waals surface area contributed by atoms with E-state index in [1.165, 1.54) is 57.8 Å². The van der Waals surface area contributed by atoms with Gasteiger partial charge >= 0.3 is 0 Å². The number of hydrogen-bond donors (Lipinski definition) is 6. The van der Waals surface area contributed by atoms with Crippen molar-refractivity contribution in [2.75, 3.05) is 39.3 Å². The predicted octanol–water partition coefficient (Wildman–Crippen LogP) is 5.75. The Morgan fingerprint density at radius 1 is 0.423 bits per heavy atom. The lowest BCUT2D eigenvalue weighted by atomic mass is 9.49. The number of nitrogens with zero attached hydrogens (tertiary/aromatic N) is 3. The average Bonchev–Trinajstić information content (AvgIpc) is 4.26. The molecule has 15 aliphatic rings. The van der Waals surface area contributed by atoms with E-state index in [4.69, 9.17) is 14.2 Å². The molecule has 6 saturated carbocycles. The number of hydrogen-bond acceptors (Lipinski definition) is 15. The maximum Gasteiger partial charge on any atom is 0.174 e. The first-order valence-corrected chi connectivity index (χ1v) is 30.2. The molecule has 0 aromatic heterocycles. The van der Waals surface area contributed by atoms with Crippen LogP contribution in [0.15, 0.2) is 36.4 Å². The third-order valence-corrected chi connectivity index (χ3v) is 24.3. The average molecular weight is 1070 g/mol. The molecule has 6 N–H and O–H groups in total. The van der Waals surface area contributed by atoms with Crippen molar-refractivity contribution in [3.05, 3.63) is 69.8 Å². The van der Waals surface area contributed by atoms with Gasteiger partial charge in [-0.15, -0.1) is 0 Å². The number of phenols is 3. The monoisotopic (exact) mass is 1070 g/mol. The largest absolute Gasteiger partial charge is 0.504 e. The minimum Gasteiger partial charge on any atom is -0.504 e. The quantitative estimate of drug-likeness (QED) is 0.174. The highest BCUT2D eigenvalue weighted by Gasteiger charge is 2.76. The molecule has 6 aliphatic heterocycles. The molecule has 6 bridgehead atoms. The van der Waals surface area contributed by atoms with Gasteiger partial charge in [-0.25, -0.2) is 0 Å². The van der Waals surface area contributed by atoms with Gasteiger partial charge in [-0.1, -0.05) is 37.5 Å². The maximum absolute atomic E-state index is 12.8. The second kappa shape index (κ2) is 16.7. The third-order valence-electron chi connectivity index (χ3n) is 24.3. The smallest absolute Gasteiger partial charge is 0.174 e. The van der Waals surface area contributed by atoms with Gasteiger partial charge in [0, 0.05) is 73.7 Å². The molecule has 6 heterocycles. The molecule has 0 amide bonds. The van der Waals surface area contributed by atoms with E-state index in [-0.39, 0.29) is 52.7 Å². The molecule has 18 rings (SSSR count). The van der Waals surface area contributed by atoms with Crippen LogP contribution < -0.4 is 14.2 Å². The van der Waals surface area contributed by atoms with Crippen molar-refractivity contribution >= 4 is 17.3 Å². The molecule has 9 fully saturated rings. The van der Waals surface area contributed by atoms with E-state index < -0.39 is 51.4 Å². The molecule has 15 heteroatoms. The zero-order valence-electron chi connectivity index (χ0n) is 44.7. The Morgan fingerprint density at radius 2 is 0.705 bits per heavy atom. The number of ether oxygens (including phenoxy) is 3. The van der Waals surface area contributed by atoms with E-state index in [0.717, 1.165) is 129 Å². The number of rotatable bonds is 6. The first-order valence-electron chi connectivity index (χ1n) is 30.2. The van der Waals surface area contributed by atoms with Crippen molar-refractivity contribution in [2.24, 2.45) is 17.8 Å². The Hall–Kier alpha value is -4.77. The number of carbonyl (C=O) groups excluding carboxylic acids is 3.